The molecule has 29 heavy (non-hydrogen) atoms. The fourth-order valence-electron chi connectivity index (χ4n) is 2.38. The number of aromatic nitrogens is 1. The minimum absolute atomic E-state index is 0.0990. The fraction of sp³-hybridized carbons (Fsp3) is 0.500. The van der Waals surface area contributed by atoms with Crippen LogP contribution in [0.4, 0.5) is 0 Å². The Hall–Kier alpha value is -3.23. The van der Waals surface area contributed by atoms with Gasteiger partial charge in [-0.3, -0.25) is 9.59 Å². The standard InChI is InChI=1S/C12H15N3O.C6H8O7/c1-9-5-10(7-14-11(9)6-13)16-8-12(2)3-4-15-12;7-3(8)1-6(13,5(11)12)2-4(9)10/h5,7,15H,3-4,8H2,1-2H3;13H,1-2H2,(H,7,8)(H,9,10)(H,11,12)/t12-;/m0./s1. The summed E-state index contributed by atoms with van der Waals surface area (Å²) in [6.45, 7) is 5.70. The van der Waals surface area contributed by atoms with Gasteiger partial charge in [0.1, 0.15) is 24.1 Å². The van der Waals surface area contributed by atoms with Crippen molar-refractivity contribution in [3.05, 3.63) is 23.5 Å². The highest BCUT2D eigenvalue weighted by Gasteiger charge is 2.40. The third kappa shape index (κ3) is 7.36. The number of carboxylic acid groups (broad SMARTS) is 3. The number of ether oxygens (including phenoxy) is 1. The zero-order chi connectivity index (χ0) is 22.2. The van der Waals surface area contributed by atoms with E-state index in [0.717, 1.165) is 24.3 Å². The maximum Gasteiger partial charge on any atom is 0.336 e. The second-order valence-electron chi connectivity index (χ2n) is 6.95. The molecule has 0 saturated carbocycles. The monoisotopic (exact) mass is 409 g/mol. The van der Waals surface area contributed by atoms with Crippen molar-refractivity contribution in [3.8, 4) is 11.8 Å². The molecule has 2 rings (SSSR count). The van der Waals surface area contributed by atoms with Crippen molar-refractivity contribution in [1.29, 1.82) is 5.26 Å². The summed E-state index contributed by atoms with van der Waals surface area (Å²) in [5, 5.41) is 45.9. The third-order valence-corrected chi connectivity index (χ3v) is 4.23. The van der Waals surface area contributed by atoms with E-state index in [4.69, 9.17) is 30.4 Å². The summed E-state index contributed by atoms with van der Waals surface area (Å²) in [6.07, 6.45) is 0.451. The molecule has 1 aliphatic heterocycles. The molecule has 1 atom stereocenters. The van der Waals surface area contributed by atoms with Gasteiger partial charge in [-0.05, 0) is 38.4 Å². The zero-order valence-electron chi connectivity index (χ0n) is 16.0. The first-order valence-electron chi connectivity index (χ1n) is 8.55. The van der Waals surface area contributed by atoms with Crippen molar-refractivity contribution >= 4 is 17.9 Å². The summed E-state index contributed by atoms with van der Waals surface area (Å²) in [5.74, 6) is -4.29. The molecule has 0 aliphatic carbocycles. The van der Waals surface area contributed by atoms with E-state index >= 15 is 0 Å². The highest BCUT2D eigenvalue weighted by molar-refractivity contribution is 5.88. The van der Waals surface area contributed by atoms with Crippen molar-refractivity contribution in [3.63, 3.8) is 0 Å². The van der Waals surface area contributed by atoms with Crippen molar-refractivity contribution < 1.29 is 39.5 Å². The largest absolute Gasteiger partial charge is 0.490 e. The van der Waals surface area contributed by atoms with E-state index in [1.807, 2.05) is 19.1 Å². The van der Waals surface area contributed by atoms with Crippen molar-refractivity contribution in [1.82, 2.24) is 10.3 Å². The van der Waals surface area contributed by atoms with Gasteiger partial charge in [0.05, 0.1) is 24.6 Å². The highest BCUT2D eigenvalue weighted by atomic mass is 16.5. The molecule has 11 nitrogen and oxygen atoms in total. The average molecular weight is 409 g/mol. The number of pyridine rings is 1. The number of nitrogens with zero attached hydrogens (tertiary/aromatic N) is 2. The van der Waals surface area contributed by atoms with Gasteiger partial charge in [0, 0.05) is 0 Å². The Balaban J connectivity index is 0.000000298. The van der Waals surface area contributed by atoms with Crippen LogP contribution in [0.2, 0.25) is 0 Å². The number of aryl methyl sites for hydroxylation is 1. The Kier molecular flexibility index (Phi) is 8.05. The van der Waals surface area contributed by atoms with Crippen LogP contribution in [-0.2, 0) is 14.4 Å². The molecule has 0 amide bonds. The van der Waals surface area contributed by atoms with Crippen LogP contribution in [0.5, 0.6) is 5.75 Å². The quantitative estimate of drug-likeness (QED) is 0.392. The Morgan fingerprint density at radius 1 is 1.31 bits per heavy atom. The number of carboxylic acids is 3. The van der Waals surface area contributed by atoms with Gasteiger partial charge < -0.3 is 30.5 Å². The lowest BCUT2D eigenvalue weighted by Gasteiger charge is -2.39. The highest BCUT2D eigenvalue weighted by Crippen LogP contribution is 2.21. The number of hydrogen-bond donors (Lipinski definition) is 5. The number of nitriles is 1. The lowest BCUT2D eigenvalue weighted by molar-refractivity contribution is -0.170. The van der Waals surface area contributed by atoms with Gasteiger partial charge >= 0.3 is 17.9 Å². The Bertz CT molecular complexity index is 798. The summed E-state index contributed by atoms with van der Waals surface area (Å²) in [4.78, 5) is 34.5. The molecule has 5 N–H and O–H groups in total. The van der Waals surface area contributed by atoms with Crippen LogP contribution >= 0.6 is 0 Å². The third-order valence-electron chi connectivity index (χ3n) is 4.23. The van der Waals surface area contributed by atoms with Crippen LogP contribution in [0.3, 0.4) is 0 Å². The second-order valence-corrected chi connectivity index (χ2v) is 6.95. The van der Waals surface area contributed by atoms with Crippen LogP contribution < -0.4 is 10.1 Å². The van der Waals surface area contributed by atoms with Gasteiger partial charge in [0.2, 0.25) is 0 Å². The Labute approximate surface area is 166 Å². The maximum absolute atomic E-state index is 10.3. The molecular formula is C18H23N3O8. The number of rotatable bonds is 8. The number of carbonyl (C=O) groups is 3. The fourth-order valence-corrected chi connectivity index (χ4v) is 2.38. The van der Waals surface area contributed by atoms with Gasteiger partial charge in [0.25, 0.3) is 0 Å². The molecule has 0 radical (unpaired) electrons. The lowest BCUT2D eigenvalue weighted by Crippen LogP contribution is -2.58. The van der Waals surface area contributed by atoms with Gasteiger partial charge in [-0.1, -0.05) is 0 Å². The summed E-state index contributed by atoms with van der Waals surface area (Å²) < 4.78 is 5.66. The number of aliphatic carboxylic acids is 3. The van der Waals surface area contributed by atoms with Crippen LogP contribution in [0, 0.1) is 18.3 Å². The van der Waals surface area contributed by atoms with Crippen LogP contribution in [0.15, 0.2) is 12.3 Å². The first-order chi connectivity index (χ1) is 13.4. The maximum atomic E-state index is 10.3. The normalized spacial score (nSPS) is 17.7. The zero-order valence-corrected chi connectivity index (χ0v) is 16.0. The molecular weight excluding hydrogens is 386 g/mol. The van der Waals surface area contributed by atoms with Crippen LogP contribution in [-0.4, -0.2) is 67.6 Å². The van der Waals surface area contributed by atoms with Crippen molar-refractivity contribution in [2.24, 2.45) is 0 Å². The van der Waals surface area contributed by atoms with Gasteiger partial charge in [0.15, 0.2) is 5.60 Å². The van der Waals surface area contributed by atoms with Gasteiger partial charge in [-0.25, -0.2) is 9.78 Å². The first-order valence-corrected chi connectivity index (χ1v) is 8.55. The van der Waals surface area contributed by atoms with Crippen molar-refractivity contribution in [2.45, 2.75) is 44.2 Å². The van der Waals surface area contributed by atoms with Crippen molar-refractivity contribution in [2.75, 3.05) is 13.2 Å². The van der Waals surface area contributed by atoms with Gasteiger partial charge in [-0.2, -0.15) is 5.26 Å². The molecule has 1 aliphatic rings. The predicted octanol–water partition coefficient (Wildman–Crippen LogP) is 0.144. The molecule has 0 spiro atoms. The Morgan fingerprint density at radius 2 is 1.86 bits per heavy atom. The summed E-state index contributed by atoms with van der Waals surface area (Å²) >= 11 is 0. The molecule has 0 unspecified atom stereocenters. The van der Waals surface area contributed by atoms with E-state index in [1.54, 1.807) is 6.20 Å². The number of nitrogens with one attached hydrogen (secondary N) is 1. The summed E-state index contributed by atoms with van der Waals surface area (Å²) in [5.41, 5.74) is -1.33. The average Bonchev–Trinajstić information content (AvgIpc) is 2.57. The lowest BCUT2D eigenvalue weighted by atomic mass is 9.91. The minimum atomic E-state index is -2.74. The second kappa shape index (κ2) is 9.81. The molecule has 1 fully saturated rings. The molecule has 1 aromatic heterocycles. The number of hydrogen-bond acceptors (Lipinski definition) is 8. The first kappa shape index (κ1) is 23.8. The van der Waals surface area contributed by atoms with E-state index in [1.165, 1.54) is 0 Å². The van der Waals surface area contributed by atoms with E-state index in [-0.39, 0.29) is 5.54 Å². The molecule has 2 heterocycles. The smallest absolute Gasteiger partial charge is 0.336 e. The Morgan fingerprint density at radius 3 is 2.21 bits per heavy atom. The molecule has 11 heteroatoms. The summed E-state index contributed by atoms with van der Waals surface area (Å²) in [6, 6.07) is 3.89. The molecule has 1 aromatic rings. The number of aliphatic hydroxyl groups is 1. The SMILES string of the molecule is Cc1cc(OC[C@]2(C)CCN2)cnc1C#N.O=C(O)CC(O)(CC(=O)O)C(=O)O. The van der Waals surface area contributed by atoms with E-state index in [9.17, 15) is 14.4 Å². The molecule has 0 aromatic carbocycles. The van der Waals surface area contributed by atoms with E-state index in [0.29, 0.717) is 12.3 Å². The van der Waals surface area contributed by atoms with Gasteiger partial charge in [-0.15, -0.1) is 0 Å². The topological polar surface area (TPSA) is 190 Å². The van der Waals surface area contributed by atoms with Crippen LogP contribution in [0.1, 0.15) is 37.4 Å². The molecule has 1 saturated heterocycles. The van der Waals surface area contributed by atoms with E-state index in [2.05, 4.69) is 17.2 Å². The molecule has 158 valence electrons. The summed E-state index contributed by atoms with van der Waals surface area (Å²) in [7, 11) is 0. The van der Waals surface area contributed by atoms with E-state index < -0.39 is 36.4 Å². The minimum Gasteiger partial charge on any atom is -0.490 e. The predicted molar refractivity (Wildman–Crippen MR) is 97.3 cm³/mol. The molecule has 0 bridgehead atoms. The van der Waals surface area contributed by atoms with Crippen LogP contribution in [0.25, 0.3) is 0 Å².